The van der Waals surface area contributed by atoms with Crippen LogP contribution in [-0.2, 0) is 17.7 Å². The van der Waals surface area contributed by atoms with Crippen molar-refractivity contribution in [2.45, 2.75) is 13.0 Å². The van der Waals surface area contributed by atoms with Gasteiger partial charge >= 0.3 is 5.97 Å². The van der Waals surface area contributed by atoms with E-state index in [9.17, 15) is 9.18 Å². The SMILES string of the molecule is COC(=O)c1ccc(CNCCc2cccc(F)c2)cc1. The smallest absolute Gasteiger partial charge is 0.337 e. The Labute approximate surface area is 123 Å². The van der Waals surface area contributed by atoms with Crippen molar-refractivity contribution in [2.24, 2.45) is 0 Å². The molecule has 0 aliphatic carbocycles. The van der Waals surface area contributed by atoms with Crippen LogP contribution in [0.25, 0.3) is 0 Å². The van der Waals surface area contributed by atoms with Crippen molar-refractivity contribution in [1.29, 1.82) is 0 Å². The number of hydrogen-bond donors (Lipinski definition) is 1. The molecule has 2 aromatic rings. The van der Waals surface area contributed by atoms with E-state index in [1.165, 1.54) is 13.2 Å². The first kappa shape index (κ1) is 15.2. The third-order valence-electron chi connectivity index (χ3n) is 3.18. The number of rotatable bonds is 6. The normalized spacial score (nSPS) is 10.4. The van der Waals surface area contributed by atoms with Gasteiger partial charge < -0.3 is 10.1 Å². The van der Waals surface area contributed by atoms with Crippen LogP contribution in [0.15, 0.2) is 48.5 Å². The number of benzene rings is 2. The van der Waals surface area contributed by atoms with Gasteiger partial charge in [-0.05, 0) is 48.4 Å². The molecule has 0 saturated carbocycles. The number of hydrogen-bond acceptors (Lipinski definition) is 3. The molecular weight excluding hydrogens is 269 g/mol. The molecule has 3 nitrogen and oxygen atoms in total. The summed E-state index contributed by atoms with van der Waals surface area (Å²) < 4.78 is 17.7. The predicted octanol–water partition coefficient (Wildman–Crippen LogP) is 2.94. The van der Waals surface area contributed by atoms with Crippen LogP contribution < -0.4 is 5.32 Å². The van der Waals surface area contributed by atoms with E-state index in [0.717, 1.165) is 24.1 Å². The van der Waals surface area contributed by atoms with Gasteiger partial charge in [0.2, 0.25) is 0 Å². The van der Waals surface area contributed by atoms with Gasteiger partial charge in [-0.15, -0.1) is 0 Å². The molecule has 0 atom stereocenters. The molecule has 1 N–H and O–H groups in total. The van der Waals surface area contributed by atoms with Crippen molar-refractivity contribution in [2.75, 3.05) is 13.7 Å². The minimum absolute atomic E-state index is 0.203. The highest BCUT2D eigenvalue weighted by molar-refractivity contribution is 5.89. The van der Waals surface area contributed by atoms with Crippen LogP contribution in [0, 0.1) is 5.82 Å². The third kappa shape index (κ3) is 4.68. The maximum Gasteiger partial charge on any atom is 0.337 e. The lowest BCUT2D eigenvalue weighted by atomic mass is 10.1. The van der Waals surface area contributed by atoms with Crippen molar-refractivity contribution in [3.63, 3.8) is 0 Å². The molecule has 0 spiro atoms. The summed E-state index contributed by atoms with van der Waals surface area (Å²) >= 11 is 0. The first-order chi connectivity index (χ1) is 10.2. The average molecular weight is 287 g/mol. The van der Waals surface area contributed by atoms with E-state index >= 15 is 0 Å². The van der Waals surface area contributed by atoms with Gasteiger partial charge in [0, 0.05) is 6.54 Å². The molecule has 0 aromatic heterocycles. The van der Waals surface area contributed by atoms with E-state index in [-0.39, 0.29) is 11.8 Å². The summed E-state index contributed by atoms with van der Waals surface area (Å²) in [6, 6.07) is 13.9. The molecule has 0 unspecified atom stereocenters. The van der Waals surface area contributed by atoms with E-state index in [1.807, 2.05) is 18.2 Å². The van der Waals surface area contributed by atoms with Crippen LogP contribution in [0.3, 0.4) is 0 Å². The second-order valence-electron chi connectivity index (χ2n) is 4.75. The molecule has 110 valence electrons. The van der Waals surface area contributed by atoms with Crippen molar-refractivity contribution >= 4 is 5.97 Å². The fraction of sp³-hybridized carbons (Fsp3) is 0.235. The third-order valence-corrected chi connectivity index (χ3v) is 3.18. The van der Waals surface area contributed by atoms with Gasteiger partial charge in [-0.2, -0.15) is 0 Å². The summed E-state index contributed by atoms with van der Waals surface area (Å²) in [4.78, 5) is 11.3. The summed E-state index contributed by atoms with van der Waals surface area (Å²) in [5.74, 6) is -0.536. The zero-order chi connectivity index (χ0) is 15.1. The molecule has 2 aromatic carbocycles. The van der Waals surface area contributed by atoms with Gasteiger partial charge in [0.1, 0.15) is 5.82 Å². The average Bonchev–Trinajstić information content (AvgIpc) is 2.51. The maximum atomic E-state index is 13.0. The second-order valence-corrected chi connectivity index (χ2v) is 4.75. The van der Waals surface area contributed by atoms with E-state index in [0.29, 0.717) is 12.1 Å². The van der Waals surface area contributed by atoms with Crippen molar-refractivity contribution in [1.82, 2.24) is 5.32 Å². The first-order valence-electron chi connectivity index (χ1n) is 6.81. The van der Waals surface area contributed by atoms with Gasteiger partial charge in [-0.1, -0.05) is 24.3 Å². The lowest BCUT2D eigenvalue weighted by Gasteiger charge is -2.06. The Morgan fingerprint density at radius 2 is 1.90 bits per heavy atom. The highest BCUT2D eigenvalue weighted by Gasteiger charge is 2.04. The number of methoxy groups -OCH3 is 1. The Morgan fingerprint density at radius 3 is 2.57 bits per heavy atom. The molecule has 0 heterocycles. The minimum Gasteiger partial charge on any atom is -0.465 e. The standard InChI is InChI=1S/C17H18FNO2/c1-21-17(20)15-7-5-14(6-8-15)12-19-10-9-13-3-2-4-16(18)11-13/h2-8,11,19H,9-10,12H2,1H3. The van der Waals surface area contributed by atoms with Gasteiger partial charge in [-0.25, -0.2) is 9.18 Å². The number of carbonyl (C=O) groups excluding carboxylic acids is 1. The zero-order valence-corrected chi connectivity index (χ0v) is 11.9. The lowest BCUT2D eigenvalue weighted by molar-refractivity contribution is 0.0600. The molecule has 0 radical (unpaired) electrons. The predicted molar refractivity (Wildman–Crippen MR) is 79.6 cm³/mol. The highest BCUT2D eigenvalue weighted by Crippen LogP contribution is 2.06. The number of ether oxygens (including phenoxy) is 1. The maximum absolute atomic E-state index is 13.0. The number of esters is 1. The summed E-state index contributed by atoms with van der Waals surface area (Å²) in [6.07, 6.45) is 0.776. The van der Waals surface area contributed by atoms with Gasteiger partial charge in [-0.3, -0.25) is 0 Å². The summed E-state index contributed by atoms with van der Waals surface area (Å²) in [7, 11) is 1.37. The van der Waals surface area contributed by atoms with Crippen molar-refractivity contribution in [3.8, 4) is 0 Å². The number of halogens is 1. The van der Waals surface area contributed by atoms with Gasteiger partial charge in [0.15, 0.2) is 0 Å². The highest BCUT2D eigenvalue weighted by atomic mass is 19.1. The quantitative estimate of drug-likeness (QED) is 0.656. The monoisotopic (exact) mass is 287 g/mol. The van der Waals surface area contributed by atoms with Crippen LogP contribution in [-0.4, -0.2) is 19.6 Å². The van der Waals surface area contributed by atoms with Crippen LogP contribution >= 0.6 is 0 Å². The summed E-state index contributed by atoms with van der Waals surface area (Å²) in [5, 5.41) is 3.29. The van der Waals surface area contributed by atoms with Crippen molar-refractivity contribution in [3.05, 3.63) is 71.0 Å². The molecule has 0 fully saturated rings. The number of carbonyl (C=O) groups is 1. The van der Waals surface area contributed by atoms with E-state index < -0.39 is 0 Å². The Hall–Kier alpha value is -2.20. The Balaban J connectivity index is 1.77. The Morgan fingerprint density at radius 1 is 1.14 bits per heavy atom. The van der Waals surface area contributed by atoms with Crippen molar-refractivity contribution < 1.29 is 13.9 Å². The molecule has 4 heteroatoms. The molecule has 2 rings (SSSR count). The molecular formula is C17H18FNO2. The van der Waals surface area contributed by atoms with E-state index in [4.69, 9.17) is 0 Å². The van der Waals surface area contributed by atoms with Crippen LogP contribution in [0.4, 0.5) is 4.39 Å². The molecule has 0 aliphatic rings. The molecule has 0 aliphatic heterocycles. The minimum atomic E-state index is -0.333. The summed E-state index contributed by atoms with van der Waals surface area (Å²) in [5.41, 5.74) is 2.60. The summed E-state index contributed by atoms with van der Waals surface area (Å²) in [6.45, 7) is 1.47. The molecule has 0 amide bonds. The van der Waals surface area contributed by atoms with Gasteiger partial charge in [0.25, 0.3) is 0 Å². The lowest BCUT2D eigenvalue weighted by Crippen LogP contribution is -2.16. The Bertz CT molecular complexity index is 596. The fourth-order valence-corrected chi connectivity index (χ4v) is 2.03. The van der Waals surface area contributed by atoms with Crippen LogP contribution in [0.2, 0.25) is 0 Å². The number of nitrogens with one attached hydrogen (secondary N) is 1. The van der Waals surface area contributed by atoms with Crippen LogP contribution in [0.5, 0.6) is 0 Å². The largest absolute Gasteiger partial charge is 0.465 e. The molecule has 21 heavy (non-hydrogen) atoms. The first-order valence-corrected chi connectivity index (χ1v) is 6.81. The second kappa shape index (κ2) is 7.55. The van der Waals surface area contributed by atoms with E-state index in [2.05, 4.69) is 10.1 Å². The van der Waals surface area contributed by atoms with Gasteiger partial charge in [0.05, 0.1) is 12.7 Å². The zero-order valence-electron chi connectivity index (χ0n) is 11.9. The van der Waals surface area contributed by atoms with E-state index in [1.54, 1.807) is 24.3 Å². The Kier molecular flexibility index (Phi) is 5.46. The fourth-order valence-electron chi connectivity index (χ4n) is 2.03. The van der Waals surface area contributed by atoms with Crippen LogP contribution in [0.1, 0.15) is 21.5 Å². The topological polar surface area (TPSA) is 38.3 Å². The molecule has 0 bridgehead atoms. The molecule has 0 saturated heterocycles.